The van der Waals surface area contributed by atoms with Gasteiger partial charge in [0.1, 0.15) is 0 Å². The summed E-state index contributed by atoms with van der Waals surface area (Å²) in [5.41, 5.74) is 0. The Balaban J connectivity index is 2.30. The number of piperidine rings is 1. The summed E-state index contributed by atoms with van der Waals surface area (Å²) in [7, 11) is 0. The van der Waals surface area contributed by atoms with E-state index in [4.69, 9.17) is 0 Å². The van der Waals surface area contributed by atoms with Crippen molar-refractivity contribution in [1.29, 1.82) is 0 Å². The molecule has 0 aromatic rings. The van der Waals surface area contributed by atoms with E-state index in [1.54, 1.807) is 0 Å². The van der Waals surface area contributed by atoms with Crippen LogP contribution in [0.15, 0.2) is 0 Å². The Morgan fingerprint density at radius 3 is 2.75 bits per heavy atom. The van der Waals surface area contributed by atoms with Gasteiger partial charge >= 0.3 is 0 Å². The van der Waals surface area contributed by atoms with Crippen molar-refractivity contribution < 1.29 is 0 Å². The SMILES string of the molecule is CCCN(CC(C)CC)CC1CCCNC1. The molecule has 0 saturated carbocycles. The van der Waals surface area contributed by atoms with Crippen LogP contribution in [0.4, 0.5) is 0 Å². The van der Waals surface area contributed by atoms with Gasteiger partial charge in [0.2, 0.25) is 0 Å². The third-order valence-corrected chi connectivity index (χ3v) is 3.72. The van der Waals surface area contributed by atoms with Crippen molar-refractivity contribution in [3.05, 3.63) is 0 Å². The first-order valence-corrected chi connectivity index (χ1v) is 7.19. The summed E-state index contributed by atoms with van der Waals surface area (Å²) in [5, 5.41) is 3.52. The van der Waals surface area contributed by atoms with E-state index in [0.717, 1.165) is 11.8 Å². The number of nitrogens with one attached hydrogen (secondary N) is 1. The van der Waals surface area contributed by atoms with E-state index in [2.05, 4.69) is 31.0 Å². The molecule has 1 rings (SSSR count). The molecule has 1 N–H and O–H groups in total. The van der Waals surface area contributed by atoms with Gasteiger partial charge < -0.3 is 10.2 Å². The molecule has 16 heavy (non-hydrogen) atoms. The molecule has 0 radical (unpaired) electrons. The number of hydrogen-bond donors (Lipinski definition) is 1. The van der Waals surface area contributed by atoms with Crippen molar-refractivity contribution >= 4 is 0 Å². The molecule has 1 aliphatic rings. The van der Waals surface area contributed by atoms with E-state index in [1.807, 2.05) is 0 Å². The Labute approximate surface area is 102 Å². The minimum absolute atomic E-state index is 0.850. The zero-order valence-electron chi connectivity index (χ0n) is 11.5. The number of hydrogen-bond acceptors (Lipinski definition) is 2. The average molecular weight is 226 g/mol. The smallest absolute Gasteiger partial charge is 0.00219 e. The topological polar surface area (TPSA) is 15.3 Å². The van der Waals surface area contributed by atoms with Gasteiger partial charge in [-0.1, -0.05) is 27.2 Å². The Kier molecular flexibility index (Phi) is 7.06. The Bertz CT molecular complexity index is 164. The first kappa shape index (κ1) is 14.0. The Morgan fingerprint density at radius 1 is 1.38 bits per heavy atom. The molecule has 2 heteroatoms. The predicted molar refractivity (Wildman–Crippen MR) is 71.8 cm³/mol. The number of nitrogens with zero attached hydrogens (tertiary/aromatic N) is 1. The highest BCUT2D eigenvalue weighted by Gasteiger charge is 2.17. The molecule has 1 saturated heterocycles. The standard InChI is InChI=1S/C14H30N2/c1-4-9-16(11-13(3)5-2)12-14-7-6-8-15-10-14/h13-15H,4-12H2,1-3H3. The molecular weight excluding hydrogens is 196 g/mol. The molecule has 2 atom stereocenters. The van der Waals surface area contributed by atoms with Crippen molar-refractivity contribution in [3.8, 4) is 0 Å². The molecule has 1 aliphatic heterocycles. The molecule has 0 aliphatic carbocycles. The van der Waals surface area contributed by atoms with Crippen molar-refractivity contribution in [3.63, 3.8) is 0 Å². The second-order valence-corrected chi connectivity index (χ2v) is 5.49. The second-order valence-electron chi connectivity index (χ2n) is 5.49. The fraction of sp³-hybridized carbons (Fsp3) is 1.00. The van der Waals surface area contributed by atoms with Crippen molar-refractivity contribution in [2.24, 2.45) is 11.8 Å². The van der Waals surface area contributed by atoms with Crippen LogP contribution in [-0.2, 0) is 0 Å². The largest absolute Gasteiger partial charge is 0.316 e. The summed E-state index contributed by atoms with van der Waals surface area (Å²) in [6.45, 7) is 13.3. The van der Waals surface area contributed by atoms with Gasteiger partial charge in [0, 0.05) is 13.1 Å². The average Bonchev–Trinajstić information content (AvgIpc) is 2.30. The molecule has 0 amide bonds. The fourth-order valence-corrected chi connectivity index (χ4v) is 2.59. The fourth-order valence-electron chi connectivity index (χ4n) is 2.59. The first-order chi connectivity index (χ1) is 7.76. The third kappa shape index (κ3) is 5.31. The van der Waals surface area contributed by atoms with Gasteiger partial charge in [-0.15, -0.1) is 0 Å². The lowest BCUT2D eigenvalue weighted by atomic mass is 9.98. The van der Waals surface area contributed by atoms with Crippen LogP contribution in [0, 0.1) is 11.8 Å². The summed E-state index contributed by atoms with van der Waals surface area (Å²) in [5.74, 6) is 1.74. The molecule has 0 aromatic carbocycles. The Morgan fingerprint density at radius 2 is 2.19 bits per heavy atom. The minimum Gasteiger partial charge on any atom is -0.316 e. The summed E-state index contributed by atoms with van der Waals surface area (Å²) in [6.07, 6.45) is 5.39. The van der Waals surface area contributed by atoms with Gasteiger partial charge in [-0.05, 0) is 50.7 Å². The normalized spacial score (nSPS) is 23.6. The first-order valence-electron chi connectivity index (χ1n) is 7.19. The minimum atomic E-state index is 0.850. The van der Waals surface area contributed by atoms with Crippen molar-refractivity contribution in [2.45, 2.75) is 46.5 Å². The van der Waals surface area contributed by atoms with Gasteiger partial charge in [-0.25, -0.2) is 0 Å². The summed E-state index contributed by atoms with van der Waals surface area (Å²) in [6, 6.07) is 0. The lowest BCUT2D eigenvalue weighted by Gasteiger charge is -2.31. The quantitative estimate of drug-likeness (QED) is 0.718. The highest BCUT2D eigenvalue weighted by Crippen LogP contribution is 2.14. The molecule has 2 unspecified atom stereocenters. The van der Waals surface area contributed by atoms with Crippen LogP contribution in [0.25, 0.3) is 0 Å². The maximum atomic E-state index is 3.52. The molecule has 0 spiro atoms. The lowest BCUT2D eigenvalue weighted by Crippen LogP contribution is -2.40. The molecule has 2 nitrogen and oxygen atoms in total. The zero-order valence-corrected chi connectivity index (χ0v) is 11.5. The third-order valence-electron chi connectivity index (χ3n) is 3.72. The molecule has 0 bridgehead atoms. The summed E-state index contributed by atoms with van der Waals surface area (Å²) >= 11 is 0. The second kappa shape index (κ2) is 8.08. The lowest BCUT2D eigenvalue weighted by molar-refractivity contribution is 0.184. The summed E-state index contributed by atoms with van der Waals surface area (Å²) < 4.78 is 0. The van der Waals surface area contributed by atoms with Gasteiger partial charge in [0.05, 0.1) is 0 Å². The van der Waals surface area contributed by atoms with Gasteiger partial charge in [-0.3, -0.25) is 0 Å². The summed E-state index contributed by atoms with van der Waals surface area (Å²) in [4.78, 5) is 2.69. The predicted octanol–water partition coefficient (Wildman–Crippen LogP) is 2.74. The van der Waals surface area contributed by atoms with E-state index in [1.165, 1.54) is 58.4 Å². The molecule has 1 fully saturated rings. The maximum absolute atomic E-state index is 3.52. The van der Waals surface area contributed by atoms with E-state index in [0.29, 0.717) is 0 Å². The van der Waals surface area contributed by atoms with Crippen LogP contribution >= 0.6 is 0 Å². The monoisotopic (exact) mass is 226 g/mol. The molecule has 96 valence electrons. The van der Waals surface area contributed by atoms with Gasteiger partial charge in [-0.2, -0.15) is 0 Å². The highest BCUT2D eigenvalue weighted by atomic mass is 15.1. The molecule has 0 aromatic heterocycles. The Hall–Kier alpha value is -0.0800. The van der Waals surface area contributed by atoms with Gasteiger partial charge in [0.15, 0.2) is 0 Å². The van der Waals surface area contributed by atoms with Gasteiger partial charge in [0.25, 0.3) is 0 Å². The van der Waals surface area contributed by atoms with Crippen LogP contribution in [-0.4, -0.2) is 37.6 Å². The number of rotatable bonds is 7. The van der Waals surface area contributed by atoms with Crippen LogP contribution < -0.4 is 5.32 Å². The zero-order chi connectivity index (χ0) is 11.8. The maximum Gasteiger partial charge on any atom is 0.00219 e. The van der Waals surface area contributed by atoms with E-state index in [-0.39, 0.29) is 0 Å². The van der Waals surface area contributed by atoms with Crippen LogP contribution in [0.5, 0.6) is 0 Å². The van der Waals surface area contributed by atoms with Crippen LogP contribution in [0.2, 0.25) is 0 Å². The van der Waals surface area contributed by atoms with E-state index < -0.39 is 0 Å². The van der Waals surface area contributed by atoms with Crippen LogP contribution in [0.3, 0.4) is 0 Å². The highest BCUT2D eigenvalue weighted by molar-refractivity contribution is 4.73. The van der Waals surface area contributed by atoms with E-state index >= 15 is 0 Å². The van der Waals surface area contributed by atoms with Crippen LogP contribution in [0.1, 0.15) is 46.5 Å². The van der Waals surface area contributed by atoms with Crippen molar-refractivity contribution in [1.82, 2.24) is 10.2 Å². The molecule has 1 heterocycles. The molecular formula is C14H30N2. The van der Waals surface area contributed by atoms with E-state index in [9.17, 15) is 0 Å². The van der Waals surface area contributed by atoms with Crippen molar-refractivity contribution in [2.75, 3.05) is 32.7 Å².